The van der Waals surface area contributed by atoms with E-state index in [0.29, 0.717) is 11.1 Å². The molecule has 0 aliphatic carbocycles. The average molecular weight is 359 g/mol. The highest BCUT2D eigenvalue weighted by Crippen LogP contribution is 2.35. The highest BCUT2D eigenvalue weighted by Gasteiger charge is 2.21. The summed E-state index contributed by atoms with van der Waals surface area (Å²) in [5.74, 6) is 0.0342. The van der Waals surface area contributed by atoms with Crippen molar-refractivity contribution in [2.75, 3.05) is 13.7 Å². The van der Waals surface area contributed by atoms with Crippen LogP contribution < -0.4 is 9.88 Å². The van der Waals surface area contributed by atoms with Crippen LogP contribution >= 0.6 is 27.5 Å². The Morgan fingerprint density at radius 2 is 2.11 bits per heavy atom. The molecule has 8 heteroatoms. The van der Waals surface area contributed by atoms with Crippen molar-refractivity contribution in [2.45, 2.75) is 17.9 Å². The summed E-state index contributed by atoms with van der Waals surface area (Å²) in [7, 11) is -2.40. The maximum atomic E-state index is 11.5. The van der Waals surface area contributed by atoms with Crippen molar-refractivity contribution in [3.8, 4) is 5.75 Å². The molecule has 1 atom stereocenters. The van der Waals surface area contributed by atoms with Crippen molar-refractivity contribution in [2.24, 2.45) is 5.14 Å². The van der Waals surface area contributed by atoms with E-state index in [1.165, 1.54) is 19.2 Å². The van der Waals surface area contributed by atoms with Gasteiger partial charge in [-0.15, -0.1) is 0 Å². The van der Waals surface area contributed by atoms with Crippen molar-refractivity contribution in [3.63, 3.8) is 0 Å². The predicted molar refractivity (Wildman–Crippen MR) is 72.5 cm³/mol. The molecule has 5 nitrogen and oxygen atoms in total. The van der Waals surface area contributed by atoms with E-state index >= 15 is 0 Å². The largest absolute Gasteiger partial charge is 0.485 e. The molecule has 0 bridgehead atoms. The van der Waals surface area contributed by atoms with Gasteiger partial charge in [-0.3, -0.25) is 0 Å². The van der Waals surface area contributed by atoms with Crippen LogP contribution in [-0.4, -0.2) is 28.2 Å². The lowest BCUT2D eigenvalue weighted by atomic mass is 10.3. The van der Waals surface area contributed by atoms with Crippen LogP contribution in [0.25, 0.3) is 0 Å². The van der Waals surface area contributed by atoms with Crippen molar-refractivity contribution in [1.29, 1.82) is 0 Å². The summed E-state index contributed by atoms with van der Waals surface area (Å²) >= 11 is 9.12. The number of benzene rings is 1. The molecule has 2 N–H and O–H groups in total. The Balaban J connectivity index is 3.25. The quantitative estimate of drug-likeness (QED) is 0.875. The van der Waals surface area contributed by atoms with Gasteiger partial charge in [0, 0.05) is 11.6 Å². The number of methoxy groups -OCH3 is 1. The van der Waals surface area contributed by atoms with Crippen molar-refractivity contribution < 1.29 is 17.9 Å². The minimum absolute atomic E-state index is 0.0342. The highest BCUT2D eigenvalue weighted by molar-refractivity contribution is 9.10. The average Bonchev–Trinajstić information content (AvgIpc) is 2.20. The Labute approximate surface area is 119 Å². The second-order valence-electron chi connectivity index (χ2n) is 3.64. The van der Waals surface area contributed by atoms with Crippen LogP contribution in [0.3, 0.4) is 0 Å². The van der Waals surface area contributed by atoms with Gasteiger partial charge in [0.2, 0.25) is 10.0 Å². The molecule has 1 unspecified atom stereocenters. The van der Waals surface area contributed by atoms with Gasteiger partial charge in [-0.1, -0.05) is 27.5 Å². The fourth-order valence-electron chi connectivity index (χ4n) is 1.33. The third-order valence-corrected chi connectivity index (χ3v) is 3.66. The number of sulfonamides is 1. The summed E-state index contributed by atoms with van der Waals surface area (Å²) in [6, 6.07) is 2.88. The van der Waals surface area contributed by atoms with Gasteiger partial charge in [0.15, 0.2) is 5.75 Å². The lowest BCUT2D eigenvalue weighted by Crippen LogP contribution is -2.21. The molecular weight excluding hydrogens is 346 g/mol. The van der Waals surface area contributed by atoms with E-state index in [0.717, 1.165) is 0 Å². The molecule has 102 valence electrons. The van der Waals surface area contributed by atoms with E-state index in [1.807, 2.05) is 0 Å². The lowest BCUT2D eigenvalue weighted by Gasteiger charge is -2.17. The zero-order valence-electron chi connectivity index (χ0n) is 9.81. The van der Waals surface area contributed by atoms with E-state index in [2.05, 4.69) is 15.9 Å². The molecule has 0 spiro atoms. The Morgan fingerprint density at radius 1 is 1.50 bits per heavy atom. The zero-order valence-corrected chi connectivity index (χ0v) is 13.0. The lowest BCUT2D eigenvalue weighted by molar-refractivity contribution is 0.0901. The molecule has 1 aromatic rings. The molecule has 0 fully saturated rings. The van der Waals surface area contributed by atoms with E-state index < -0.39 is 10.0 Å². The van der Waals surface area contributed by atoms with Crippen LogP contribution in [0.15, 0.2) is 21.5 Å². The number of rotatable bonds is 5. The molecule has 0 radical (unpaired) electrons. The van der Waals surface area contributed by atoms with E-state index in [9.17, 15) is 8.42 Å². The summed E-state index contributed by atoms with van der Waals surface area (Å²) < 4.78 is 33.8. The molecule has 1 aromatic carbocycles. The SMILES string of the molecule is COCC(C)Oc1c(Cl)cc(Br)cc1S(N)(=O)=O. The van der Waals surface area contributed by atoms with E-state index in [4.69, 9.17) is 26.2 Å². The topological polar surface area (TPSA) is 78.6 Å². The Bertz CT molecular complexity index is 535. The van der Waals surface area contributed by atoms with Gasteiger partial charge >= 0.3 is 0 Å². The Morgan fingerprint density at radius 3 is 2.61 bits per heavy atom. The highest BCUT2D eigenvalue weighted by atomic mass is 79.9. The van der Waals surface area contributed by atoms with E-state index in [1.54, 1.807) is 6.92 Å². The standard InChI is InChI=1S/C10H13BrClNO4S/c1-6(5-16-2)17-10-8(12)3-7(11)4-9(10)18(13,14)15/h3-4,6H,5H2,1-2H3,(H2,13,14,15). The third-order valence-electron chi connectivity index (χ3n) is 2.00. The monoisotopic (exact) mass is 357 g/mol. The molecule has 0 saturated heterocycles. The first-order valence-corrected chi connectivity index (χ1v) is 7.65. The molecule has 0 saturated carbocycles. The van der Waals surface area contributed by atoms with Gasteiger partial charge in [0.1, 0.15) is 11.0 Å². The summed E-state index contributed by atoms with van der Waals surface area (Å²) in [5.41, 5.74) is 0. The first-order valence-electron chi connectivity index (χ1n) is 4.93. The summed E-state index contributed by atoms with van der Waals surface area (Å²) in [6.07, 6.45) is -0.353. The second-order valence-corrected chi connectivity index (χ2v) is 6.50. The molecular formula is C10H13BrClNO4S. The summed E-state index contributed by atoms with van der Waals surface area (Å²) in [5, 5.41) is 5.29. The summed E-state index contributed by atoms with van der Waals surface area (Å²) in [4.78, 5) is -0.162. The third kappa shape index (κ3) is 4.10. The van der Waals surface area contributed by atoms with Gasteiger partial charge in [0.05, 0.1) is 11.6 Å². The first-order chi connectivity index (χ1) is 8.25. The molecule has 0 aliphatic rings. The van der Waals surface area contributed by atoms with Gasteiger partial charge in [-0.05, 0) is 19.1 Å². The molecule has 0 heterocycles. The van der Waals surface area contributed by atoms with Crippen LogP contribution in [0.2, 0.25) is 5.02 Å². The van der Waals surface area contributed by atoms with Crippen LogP contribution in [0.5, 0.6) is 5.75 Å². The number of nitrogens with two attached hydrogens (primary N) is 1. The fourth-order valence-corrected chi connectivity index (χ4v) is 3.10. The molecule has 18 heavy (non-hydrogen) atoms. The zero-order chi connectivity index (χ0) is 13.9. The van der Waals surface area contributed by atoms with E-state index in [-0.39, 0.29) is 21.8 Å². The molecule has 0 aromatic heterocycles. The van der Waals surface area contributed by atoms with Crippen LogP contribution in [0.4, 0.5) is 0 Å². The number of halogens is 2. The number of ether oxygens (including phenoxy) is 2. The van der Waals surface area contributed by atoms with Crippen molar-refractivity contribution >= 4 is 37.6 Å². The normalized spacial score (nSPS) is 13.4. The van der Waals surface area contributed by atoms with Gasteiger partial charge in [0.25, 0.3) is 0 Å². The van der Waals surface area contributed by atoms with Crippen molar-refractivity contribution in [1.82, 2.24) is 0 Å². The number of hydrogen-bond donors (Lipinski definition) is 1. The van der Waals surface area contributed by atoms with Gasteiger partial charge in [-0.2, -0.15) is 0 Å². The smallest absolute Gasteiger partial charge is 0.241 e. The van der Waals surface area contributed by atoms with Gasteiger partial charge in [-0.25, -0.2) is 13.6 Å². The predicted octanol–water partition coefficient (Wildman–Crippen LogP) is 2.16. The molecule has 0 amide bonds. The van der Waals surface area contributed by atoms with Crippen molar-refractivity contribution in [3.05, 3.63) is 21.6 Å². The maximum absolute atomic E-state index is 11.5. The Hall–Kier alpha value is -0.340. The minimum Gasteiger partial charge on any atom is -0.485 e. The fraction of sp³-hybridized carbons (Fsp3) is 0.400. The minimum atomic E-state index is -3.92. The number of primary sulfonamides is 1. The van der Waals surface area contributed by atoms with Gasteiger partial charge < -0.3 is 9.47 Å². The number of hydrogen-bond acceptors (Lipinski definition) is 4. The maximum Gasteiger partial charge on any atom is 0.241 e. The van der Waals surface area contributed by atoms with Crippen LogP contribution in [0, 0.1) is 0 Å². The second kappa shape index (κ2) is 6.21. The molecule has 0 aliphatic heterocycles. The van der Waals surface area contributed by atoms with Crippen LogP contribution in [-0.2, 0) is 14.8 Å². The Kier molecular flexibility index (Phi) is 5.42. The first kappa shape index (κ1) is 15.7. The molecule has 1 rings (SSSR count). The summed E-state index contributed by atoms with van der Waals surface area (Å²) in [6.45, 7) is 2.03. The van der Waals surface area contributed by atoms with Crippen LogP contribution in [0.1, 0.15) is 6.92 Å².